The largest absolute Gasteiger partial charge is 0.396 e. The Morgan fingerprint density at radius 1 is 1.47 bits per heavy atom. The SMILES string of the molecule is OCCCOC1CCN(Cc2cscn2)CC1. The summed E-state index contributed by atoms with van der Waals surface area (Å²) in [6, 6.07) is 0. The van der Waals surface area contributed by atoms with Crippen LogP contribution in [-0.2, 0) is 11.3 Å². The van der Waals surface area contributed by atoms with E-state index >= 15 is 0 Å². The van der Waals surface area contributed by atoms with Crippen LogP contribution < -0.4 is 0 Å². The van der Waals surface area contributed by atoms with Gasteiger partial charge in [-0.05, 0) is 19.3 Å². The molecule has 0 aromatic carbocycles. The van der Waals surface area contributed by atoms with Gasteiger partial charge in [0.1, 0.15) is 0 Å². The van der Waals surface area contributed by atoms with Crippen molar-refractivity contribution in [2.24, 2.45) is 0 Å². The van der Waals surface area contributed by atoms with Crippen LogP contribution in [0.1, 0.15) is 25.0 Å². The van der Waals surface area contributed by atoms with Gasteiger partial charge < -0.3 is 9.84 Å². The lowest BCUT2D eigenvalue weighted by molar-refractivity contribution is 0.000605. The molecule has 1 saturated heterocycles. The van der Waals surface area contributed by atoms with Gasteiger partial charge in [-0.3, -0.25) is 4.90 Å². The van der Waals surface area contributed by atoms with Crippen LogP contribution in [0.2, 0.25) is 0 Å². The van der Waals surface area contributed by atoms with Gasteiger partial charge in [-0.15, -0.1) is 11.3 Å². The van der Waals surface area contributed by atoms with Gasteiger partial charge in [0, 0.05) is 38.2 Å². The lowest BCUT2D eigenvalue weighted by atomic mass is 10.1. The summed E-state index contributed by atoms with van der Waals surface area (Å²) in [5.74, 6) is 0. The molecule has 2 heterocycles. The number of nitrogens with zero attached hydrogens (tertiary/aromatic N) is 2. The van der Waals surface area contributed by atoms with Crippen molar-refractivity contribution in [3.63, 3.8) is 0 Å². The molecule has 1 fully saturated rings. The normalized spacial score (nSPS) is 18.6. The smallest absolute Gasteiger partial charge is 0.0795 e. The molecule has 1 aliphatic heterocycles. The number of hydrogen-bond donors (Lipinski definition) is 1. The van der Waals surface area contributed by atoms with E-state index in [2.05, 4.69) is 15.3 Å². The molecule has 1 aromatic rings. The molecule has 5 heteroatoms. The number of hydrogen-bond acceptors (Lipinski definition) is 5. The molecule has 0 bridgehead atoms. The number of aliphatic hydroxyl groups is 1. The van der Waals surface area contributed by atoms with Crippen LogP contribution >= 0.6 is 11.3 Å². The van der Waals surface area contributed by atoms with Crippen LogP contribution in [0, 0.1) is 0 Å². The molecule has 1 aliphatic rings. The number of thiazole rings is 1. The van der Waals surface area contributed by atoms with Gasteiger partial charge in [-0.25, -0.2) is 4.98 Å². The second-order valence-electron chi connectivity index (χ2n) is 4.40. The Morgan fingerprint density at radius 3 is 2.94 bits per heavy atom. The van der Waals surface area contributed by atoms with Crippen LogP contribution in [-0.4, -0.2) is 47.4 Å². The quantitative estimate of drug-likeness (QED) is 0.784. The molecule has 1 aromatic heterocycles. The first kappa shape index (κ1) is 13.0. The van der Waals surface area contributed by atoms with E-state index in [0.717, 1.165) is 38.9 Å². The Kier molecular flexibility index (Phi) is 5.38. The average molecular weight is 256 g/mol. The van der Waals surface area contributed by atoms with Crippen molar-refractivity contribution in [1.29, 1.82) is 0 Å². The van der Waals surface area contributed by atoms with Crippen molar-refractivity contribution < 1.29 is 9.84 Å². The summed E-state index contributed by atoms with van der Waals surface area (Å²) in [5, 5.41) is 10.8. The summed E-state index contributed by atoms with van der Waals surface area (Å²) in [5.41, 5.74) is 3.06. The zero-order chi connectivity index (χ0) is 11.9. The van der Waals surface area contributed by atoms with Gasteiger partial charge in [0.15, 0.2) is 0 Å². The van der Waals surface area contributed by atoms with E-state index in [1.54, 1.807) is 11.3 Å². The first-order chi connectivity index (χ1) is 8.38. The van der Waals surface area contributed by atoms with E-state index < -0.39 is 0 Å². The first-order valence-corrected chi connectivity index (χ1v) is 7.14. The minimum absolute atomic E-state index is 0.225. The summed E-state index contributed by atoms with van der Waals surface area (Å²) in [6.45, 7) is 4.05. The Morgan fingerprint density at radius 2 is 2.29 bits per heavy atom. The zero-order valence-electron chi connectivity index (χ0n) is 10.0. The Bertz CT molecular complexity index is 297. The van der Waals surface area contributed by atoms with Crippen molar-refractivity contribution in [2.75, 3.05) is 26.3 Å². The van der Waals surface area contributed by atoms with E-state index in [4.69, 9.17) is 9.84 Å². The van der Waals surface area contributed by atoms with Gasteiger partial charge in [0.25, 0.3) is 0 Å². The Hall–Kier alpha value is -0.490. The Balaban J connectivity index is 1.64. The maximum atomic E-state index is 8.69. The van der Waals surface area contributed by atoms with Gasteiger partial charge in [-0.1, -0.05) is 0 Å². The molecule has 0 spiro atoms. The van der Waals surface area contributed by atoms with Crippen LogP contribution in [0.5, 0.6) is 0 Å². The van der Waals surface area contributed by atoms with Crippen LogP contribution in [0.25, 0.3) is 0 Å². The molecule has 0 unspecified atom stereocenters. The molecule has 0 aliphatic carbocycles. The molecule has 0 amide bonds. The second kappa shape index (κ2) is 7.06. The number of aromatic nitrogens is 1. The maximum absolute atomic E-state index is 8.69. The summed E-state index contributed by atoms with van der Waals surface area (Å²) < 4.78 is 5.71. The molecule has 17 heavy (non-hydrogen) atoms. The Labute approximate surface area is 106 Å². The topological polar surface area (TPSA) is 45.6 Å². The lowest BCUT2D eigenvalue weighted by Gasteiger charge is -2.31. The predicted molar refractivity (Wildman–Crippen MR) is 68.1 cm³/mol. The summed E-state index contributed by atoms with van der Waals surface area (Å²) >= 11 is 1.66. The van der Waals surface area contributed by atoms with Crippen molar-refractivity contribution in [1.82, 2.24) is 9.88 Å². The van der Waals surface area contributed by atoms with Gasteiger partial charge in [-0.2, -0.15) is 0 Å². The average Bonchev–Trinajstić information content (AvgIpc) is 2.85. The van der Waals surface area contributed by atoms with Crippen molar-refractivity contribution in [3.05, 3.63) is 16.6 Å². The second-order valence-corrected chi connectivity index (χ2v) is 5.12. The third-order valence-electron chi connectivity index (χ3n) is 3.06. The summed E-state index contributed by atoms with van der Waals surface area (Å²) in [7, 11) is 0. The highest BCUT2D eigenvalue weighted by molar-refractivity contribution is 7.07. The van der Waals surface area contributed by atoms with Crippen LogP contribution in [0.4, 0.5) is 0 Å². The fraction of sp³-hybridized carbons (Fsp3) is 0.750. The molecular formula is C12H20N2O2S. The fourth-order valence-corrected chi connectivity index (χ4v) is 2.64. The summed E-state index contributed by atoms with van der Waals surface area (Å²) in [6.07, 6.45) is 3.32. The van der Waals surface area contributed by atoms with Crippen LogP contribution in [0.15, 0.2) is 10.9 Å². The van der Waals surface area contributed by atoms with Crippen molar-refractivity contribution >= 4 is 11.3 Å². The molecule has 2 rings (SSSR count). The molecule has 0 radical (unpaired) electrons. The zero-order valence-corrected chi connectivity index (χ0v) is 10.9. The number of ether oxygens (including phenoxy) is 1. The maximum Gasteiger partial charge on any atom is 0.0795 e. The van der Waals surface area contributed by atoms with Crippen molar-refractivity contribution in [2.45, 2.75) is 31.9 Å². The van der Waals surface area contributed by atoms with E-state index in [0.29, 0.717) is 12.7 Å². The minimum atomic E-state index is 0.225. The third-order valence-corrected chi connectivity index (χ3v) is 3.69. The number of aliphatic hydroxyl groups excluding tert-OH is 1. The number of piperidine rings is 1. The number of rotatable bonds is 6. The number of likely N-dealkylation sites (tertiary alicyclic amines) is 1. The van der Waals surface area contributed by atoms with Crippen molar-refractivity contribution in [3.8, 4) is 0 Å². The first-order valence-electron chi connectivity index (χ1n) is 6.20. The van der Waals surface area contributed by atoms with Gasteiger partial charge >= 0.3 is 0 Å². The van der Waals surface area contributed by atoms with Gasteiger partial charge in [0.2, 0.25) is 0 Å². The molecule has 0 atom stereocenters. The van der Waals surface area contributed by atoms with Crippen LogP contribution in [0.3, 0.4) is 0 Å². The highest BCUT2D eigenvalue weighted by Crippen LogP contribution is 2.16. The minimum Gasteiger partial charge on any atom is -0.396 e. The third kappa shape index (κ3) is 4.35. The lowest BCUT2D eigenvalue weighted by Crippen LogP contribution is -2.36. The highest BCUT2D eigenvalue weighted by Gasteiger charge is 2.19. The van der Waals surface area contributed by atoms with E-state index in [1.807, 2.05) is 5.51 Å². The van der Waals surface area contributed by atoms with Gasteiger partial charge in [0.05, 0.1) is 17.3 Å². The summed E-state index contributed by atoms with van der Waals surface area (Å²) in [4.78, 5) is 6.74. The van der Waals surface area contributed by atoms with E-state index in [1.165, 1.54) is 5.69 Å². The monoisotopic (exact) mass is 256 g/mol. The molecular weight excluding hydrogens is 236 g/mol. The molecule has 4 nitrogen and oxygen atoms in total. The van der Waals surface area contributed by atoms with E-state index in [-0.39, 0.29) is 6.61 Å². The predicted octanol–water partition coefficient (Wildman–Crippen LogP) is 1.51. The highest BCUT2D eigenvalue weighted by atomic mass is 32.1. The fourth-order valence-electron chi connectivity index (χ4n) is 2.09. The molecule has 96 valence electrons. The van der Waals surface area contributed by atoms with E-state index in [9.17, 15) is 0 Å². The standard InChI is InChI=1S/C12H20N2O2S/c15-6-1-7-16-12-2-4-14(5-3-12)8-11-9-17-10-13-11/h9-10,12,15H,1-8H2. The molecule has 1 N–H and O–H groups in total. The molecule has 0 saturated carbocycles.